The third kappa shape index (κ3) is 5.32. The van der Waals surface area contributed by atoms with Crippen LogP contribution in [0.1, 0.15) is 21.5 Å². The number of carbonyl (C=O) groups excluding carboxylic acids is 1. The summed E-state index contributed by atoms with van der Waals surface area (Å²) in [4.78, 5) is 20.3. The molecule has 0 fully saturated rings. The molecule has 0 aliphatic rings. The highest BCUT2D eigenvalue weighted by molar-refractivity contribution is 7.98. The van der Waals surface area contributed by atoms with Crippen molar-refractivity contribution in [2.45, 2.75) is 10.9 Å². The first kappa shape index (κ1) is 23.2. The molecule has 1 heterocycles. The van der Waals surface area contributed by atoms with Crippen molar-refractivity contribution in [3.05, 3.63) is 77.4 Å². The van der Waals surface area contributed by atoms with Gasteiger partial charge in [-0.05, 0) is 42.0 Å². The van der Waals surface area contributed by atoms with E-state index >= 15 is 0 Å². The number of hydrogen-bond donors (Lipinski definition) is 2. The second-order valence-corrected chi connectivity index (χ2v) is 8.17. The molecule has 0 radical (unpaired) electrons. The zero-order valence-electron chi connectivity index (χ0n) is 19.0. The van der Waals surface area contributed by atoms with E-state index in [0.29, 0.717) is 28.4 Å². The summed E-state index contributed by atoms with van der Waals surface area (Å²) in [5, 5.41) is 4.92. The fourth-order valence-corrected chi connectivity index (χ4v) is 4.15. The highest BCUT2D eigenvalue weighted by Crippen LogP contribution is 2.37. The Morgan fingerprint density at radius 1 is 1.03 bits per heavy atom. The number of imidazole rings is 1. The molecule has 0 aliphatic carbocycles. The van der Waals surface area contributed by atoms with Crippen LogP contribution in [0.25, 0.3) is 11.0 Å². The Morgan fingerprint density at radius 3 is 2.38 bits per heavy atom. The van der Waals surface area contributed by atoms with Crippen molar-refractivity contribution in [3.63, 3.8) is 0 Å². The number of benzene rings is 3. The predicted molar refractivity (Wildman–Crippen MR) is 133 cm³/mol. The number of methoxy groups -OCH3 is 3. The maximum atomic E-state index is 12.5. The van der Waals surface area contributed by atoms with Crippen molar-refractivity contribution < 1.29 is 19.0 Å². The maximum Gasteiger partial charge on any atom is 0.271 e. The average molecular weight is 477 g/mol. The SMILES string of the molecule is COc1cc(/C=N\NC(=O)c2ccc(CSc3nc4ccccc4[nH]3)cc2)cc(OC)c1OC. The fourth-order valence-electron chi connectivity index (χ4n) is 3.31. The lowest BCUT2D eigenvalue weighted by atomic mass is 10.1. The van der Waals surface area contributed by atoms with Gasteiger partial charge in [0.15, 0.2) is 16.7 Å². The largest absolute Gasteiger partial charge is 0.493 e. The van der Waals surface area contributed by atoms with Crippen LogP contribution in [0.3, 0.4) is 0 Å². The number of rotatable bonds is 9. The van der Waals surface area contributed by atoms with Gasteiger partial charge in [0.05, 0.1) is 38.6 Å². The van der Waals surface area contributed by atoms with E-state index in [1.165, 1.54) is 13.3 Å². The lowest BCUT2D eigenvalue weighted by Crippen LogP contribution is -2.17. The number of aromatic amines is 1. The Labute approximate surface area is 201 Å². The molecule has 0 saturated heterocycles. The van der Waals surface area contributed by atoms with Gasteiger partial charge >= 0.3 is 0 Å². The van der Waals surface area contributed by atoms with Gasteiger partial charge in [-0.2, -0.15) is 5.10 Å². The first-order valence-electron chi connectivity index (χ1n) is 10.4. The van der Waals surface area contributed by atoms with Gasteiger partial charge < -0.3 is 19.2 Å². The molecule has 8 nitrogen and oxygen atoms in total. The first-order chi connectivity index (χ1) is 16.6. The molecule has 4 rings (SSSR count). The molecule has 0 atom stereocenters. The molecule has 9 heteroatoms. The third-order valence-electron chi connectivity index (χ3n) is 5.03. The van der Waals surface area contributed by atoms with Gasteiger partial charge in [0, 0.05) is 16.9 Å². The standard InChI is InChI=1S/C25H24N4O4S/c1-31-21-12-17(13-22(32-2)23(21)33-3)14-26-29-24(30)18-10-8-16(9-11-18)15-34-25-27-19-6-4-5-7-20(19)28-25/h4-14H,15H2,1-3H3,(H,27,28)(H,29,30)/b26-14-. The summed E-state index contributed by atoms with van der Waals surface area (Å²) in [6.45, 7) is 0. The first-order valence-corrected chi connectivity index (χ1v) is 11.4. The molecule has 0 saturated carbocycles. The number of hydrogen-bond acceptors (Lipinski definition) is 7. The van der Waals surface area contributed by atoms with E-state index in [2.05, 4.69) is 20.5 Å². The molecular weight excluding hydrogens is 452 g/mol. The van der Waals surface area contributed by atoms with Crippen LogP contribution in [0.5, 0.6) is 17.2 Å². The molecular formula is C25H24N4O4S. The number of fused-ring (bicyclic) bond motifs is 1. The van der Waals surface area contributed by atoms with Crippen molar-refractivity contribution in [1.29, 1.82) is 0 Å². The number of para-hydroxylation sites is 2. The van der Waals surface area contributed by atoms with Crippen molar-refractivity contribution in [1.82, 2.24) is 15.4 Å². The summed E-state index contributed by atoms with van der Waals surface area (Å²) in [6.07, 6.45) is 1.51. The van der Waals surface area contributed by atoms with Gasteiger partial charge in [-0.15, -0.1) is 0 Å². The molecule has 1 aromatic heterocycles. The van der Waals surface area contributed by atoms with E-state index in [1.807, 2.05) is 36.4 Å². The normalized spacial score (nSPS) is 11.0. The highest BCUT2D eigenvalue weighted by Gasteiger charge is 2.12. The van der Waals surface area contributed by atoms with Gasteiger partial charge in [-0.3, -0.25) is 4.79 Å². The number of aromatic nitrogens is 2. The van der Waals surface area contributed by atoms with Crippen LogP contribution in [0.4, 0.5) is 0 Å². The number of amides is 1. The minimum absolute atomic E-state index is 0.305. The summed E-state index contributed by atoms with van der Waals surface area (Å²) in [5.41, 5.74) is 6.79. The van der Waals surface area contributed by atoms with Crippen LogP contribution in [0, 0.1) is 0 Å². The number of H-pyrrole nitrogens is 1. The molecule has 174 valence electrons. The second-order valence-electron chi connectivity index (χ2n) is 7.20. The Hall–Kier alpha value is -3.98. The number of nitrogens with zero attached hydrogens (tertiary/aromatic N) is 2. The van der Waals surface area contributed by atoms with Crippen LogP contribution >= 0.6 is 11.8 Å². The number of hydrazone groups is 1. The van der Waals surface area contributed by atoms with E-state index < -0.39 is 0 Å². The molecule has 3 aromatic carbocycles. The van der Waals surface area contributed by atoms with E-state index in [-0.39, 0.29) is 5.91 Å². The van der Waals surface area contributed by atoms with Crippen LogP contribution < -0.4 is 19.6 Å². The Bertz CT molecular complexity index is 1260. The Kier molecular flexibility index (Phi) is 7.34. The van der Waals surface area contributed by atoms with Gasteiger partial charge in [0.25, 0.3) is 5.91 Å². The van der Waals surface area contributed by atoms with Crippen LogP contribution in [-0.2, 0) is 5.75 Å². The number of thioether (sulfide) groups is 1. The number of carbonyl (C=O) groups is 1. The fraction of sp³-hybridized carbons (Fsp3) is 0.160. The lowest BCUT2D eigenvalue weighted by Gasteiger charge is -2.12. The minimum atomic E-state index is -0.305. The average Bonchev–Trinajstić information content (AvgIpc) is 3.30. The number of nitrogens with one attached hydrogen (secondary N) is 2. The van der Waals surface area contributed by atoms with Gasteiger partial charge in [-0.1, -0.05) is 36.0 Å². The molecule has 0 bridgehead atoms. The third-order valence-corrected chi connectivity index (χ3v) is 5.97. The van der Waals surface area contributed by atoms with Crippen molar-refractivity contribution in [3.8, 4) is 17.2 Å². The monoisotopic (exact) mass is 476 g/mol. The smallest absolute Gasteiger partial charge is 0.271 e. The molecule has 0 spiro atoms. The number of ether oxygens (including phenoxy) is 3. The van der Waals surface area contributed by atoms with Crippen molar-refractivity contribution in [2.75, 3.05) is 21.3 Å². The van der Waals surface area contributed by atoms with E-state index in [1.54, 1.807) is 50.2 Å². The summed E-state index contributed by atoms with van der Waals surface area (Å²) in [6, 6.07) is 18.8. The quantitative estimate of drug-likeness (QED) is 0.207. The zero-order chi connectivity index (χ0) is 23.9. The Morgan fingerprint density at radius 2 is 1.74 bits per heavy atom. The summed E-state index contributed by atoms with van der Waals surface area (Å²) >= 11 is 1.61. The zero-order valence-corrected chi connectivity index (χ0v) is 19.8. The molecule has 2 N–H and O–H groups in total. The van der Waals surface area contributed by atoms with Crippen LogP contribution in [-0.4, -0.2) is 43.4 Å². The van der Waals surface area contributed by atoms with Crippen molar-refractivity contribution >= 4 is 34.9 Å². The molecule has 34 heavy (non-hydrogen) atoms. The molecule has 1 amide bonds. The summed E-state index contributed by atoms with van der Waals surface area (Å²) < 4.78 is 16.0. The van der Waals surface area contributed by atoms with Crippen molar-refractivity contribution in [2.24, 2.45) is 5.10 Å². The molecule has 0 aliphatic heterocycles. The second kappa shape index (κ2) is 10.8. The minimum Gasteiger partial charge on any atom is -0.493 e. The molecule has 0 unspecified atom stereocenters. The van der Waals surface area contributed by atoms with Gasteiger partial charge in [-0.25, -0.2) is 10.4 Å². The van der Waals surface area contributed by atoms with Crippen LogP contribution in [0.2, 0.25) is 0 Å². The van der Waals surface area contributed by atoms with E-state index in [9.17, 15) is 4.79 Å². The molecule has 4 aromatic rings. The van der Waals surface area contributed by atoms with E-state index in [0.717, 1.165) is 27.5 Å². The van der Waals surface area contributed by atoms with Gasteiger partial charge in [0.1, 0.15) is 0 Å². The van der Waals surface area contributed by atoms with E-state index in [4.69, 9.17) is 14.2 Å². The summed E-state index contributed by atoms with van der Waals surface area (Å²) in [5.74, 6) is 1.93. The predicted octanol–water partition coefficient (Wildman–Crippen LogP) is 4.64. The lowest BCUT2D eigenvalue weighted by molar-refractivity contribution is 0.0955. The Balaban J connectivity index is 1.35. The maximum absolute atomic E-state index is 12.5. The highest BCUT2D eigenvalue weighted by atomic mass is 32.2. The van der Waals surface area contributed by atoms with Crippen LogP contribution in [0.15, 0.2) is 70.9 Å². The summed E-state index contributed by atoms with van der Waals surface area (Å²) in [7, 11) is 4.62. The van der Waals surface area contributed by atoms with Gasteiger partial charge in [0.2, 0.25) is 5.75 Å². The topological polar surface area (TPSA) is 97.8 Å².